The quantitative estimate of drug-likeness (QED) is 0.875. The van der Waals surface area contributed by atoms with Crippen molar-refractivity contribution in [1.82, 2.24) is 19.6 Å². The zero-order chi connectivity index (χ0) is 17.0. The van der Waals surface area contributed by atoms with Gasteiger partial charge in [-0.05, 0) is 17.4 Å². The highest BCUT2D eigenvalue weighted by molar-refractivity contribution is 5.76. The molecule has 0 aromatic carbocycles. The van der Waals surface area contributed by atoms with Crippen LogP contribution in [0.4, 0.5) is 0 Å². The maximum absolute atomic E-state index is 12.3. The Kier molecular flexibility index (Phi) is 5.81. The van der Waals surface area contributed by atoms with Crippen LogP contribution in [0.2, 0.25) is 0 Å². The third kappa shape index (κ3) is 5.32. The number of aliphatic hydroxyl groups is 1. The average Bonchev–Trinajstić information content (AvgIpc) is 2.90. The number of aliphatic hydroxyl groups excluding tert-OH is 1. The van der Waals surface area contributed by atoms with E-state index in [4.69, 9.17) is 0 Å². The fourth-order valence-corrected chi connectivity index (χ4v) is 2.71. The summed E-state index contributed by atoms with van der Waals surface area (Å²) >= 11 is 0. The van der Waals surface area contributed by atoms with Gasteiger partial charge in [-0.15, -0.1) is 0 Å². The molecule has 1 N–H and O–H groups in total. The minimum Gasteiger partial charge on any atom is -0.391 e. The van der Waals surface area contributed by atoms with Gasteiger partial charge in [-0.2, -0.15) is 5.10 Å². The van der Waals surface area contributed by atoms with Crippen LogP contribution in [0.5, 0.6) is 0 Å². The maximum Gasteiger partial charge on any atom is 0.222 e. The van der Waals surface area contributed by atoms with E-state index >= 15 is 0 Å². The molecule has 0 spiro atoms. The van der Waals surface area contributed by atoms with Gasteiger partial charge < -0.3 is 10.0 Å². The molecule has 1 fully saturated rings. The van der Waals surface area contributed by atoms with Crippen molar-refractivity contribution in [1.29, 1.82) is 0 Å². The second-order valence-electron chi connectivity index (χ2n) is 7.59. The minimum absolute atomic E-state index is 0.101. The van der Waals surface area contributed by atoms with Crippen LogP contribution >= 0.6 is 0 Å². The van der Waals surface area contributed by atoms with E-state index in [9.17, 15) is 9.90 Å². The number of carbonyl (C=O) groups is 1. The highest BCUT2D eigenvalue weighted by Gasteiger charge is 2.27. The van der Waals surface area contributed by atoms with Crippen LogP contribution in [0, 0.1) is 5.41 Å². The summed E-state index contributed by atoms with van der Waals surface area (Å²) in [5, 5.41) is 14.3. The van der Waals surface area contributed by atoms with Gasteiger partial charge in [0.1, 0.15) is 0 Å². The number of piperazine rings is 1. The molecule has 2 rings (SSSR count). The Labute approximate surface area is 139 Å². The number of rotatable bonds is 5. The zero-order valence-electron chi connectivity index (χ0n) is 14.8. The van der Waals surface area contributed by atoms with Crippen molar-refractivity contribution in [3.63, 3.8) is 0 Å². The van der Waals surface area contributed by atoms with E-state index < -0.39 is 0 Å². The molecule has 1 aromatic rings. The Balaban J connectivity index is 1.72. The highest BCUT2D eigenvalue weighted by Crippen LogP contribution is 2.20. The lowest BCUT2D eigenvalue weighted by molar-refractivity contribution is -0.133. The van der Waals surface area contributed by atoms with Gasteiger partial charge in [-0.3, -0.25) is 14.4 Å². The Morgan fingerprint density at radius 2 is 1.96 bits per heavy atom. The predicted octanol–water partition coefficient (Wildman–Crippen LogP) is 0.904. The summed E-state index contributed by atoms with van der Waals surface area (Å²) in [6.45, 7) is 10.0. The first kappa shape index (κ1) is 17.9. The van der Waals surface area contributed by atoms with Crippen molar-refractivity contribution in [3.05, 3.63) is 18.0 Å². The Morgan fingerprint density at radius 3 is 2.48 bits per heavy atom. The smallest absolute Gasteiger partial charge is 0.222 e. The first-order valence-corrected chi connectivity index (χ1v) is 8.41. The topological polar surface area (TPSA) is 61.6 Å². The van der Waals surface area contributed by atoms with E-state index in [2.05, 4.69) is 30.8 Å². The van der Waals surface area contributed by atoms with Crippen LogP contribution in [0.3, 0.4) is 0 Å². The first-order chi connectivity index (χ1) is 10.8. The summed E-state index contributed by atoms with van der Waals surface area (Å²) < 4.78 is 1.76. The molecule has 1 amide bonds. The van der Waals surface area contributed by atoms with E-state index in [1.807, 2.05) is 24.3 Å². The summed E-state index contributed by atoms with van der Waals surface area (Å²) in [5.74, 6) is 0.213. The molecule has 0 bridgehead atoms. The molecule has 0 radical (unpaired) electrons. The molecule has 0 saturated carbocycles. The number of nitrogens with zero attached hydrogens (tertiary/aromatic N) is 4. The molecule has 130 valence electrons. The van der Waals surface area contributed by atoms with E-state index in [1.165, 1.54) is 0 Å². The summed E-state index contributed by atoms with van der Waals surface area (Å²) in [6.07, 6.45) is 4.72. The molecule has 1 saturated heterocycles. The third-order valence-electron chi connectivity index (χ3n) is 4.54. The molecular weight excluding hydrogens is 292 g/mol. The van der Waals surface area contributed by atoms with Crippen LogP contribution < -0.4 is 0 Å². The lowest BCUT2D eigenvalue weighted by Crippen LogP contribution is -2.51. The second-order valence-corrected chi connectivity index (χ2v) is 7.59. The van der Waals surface area contributed by atoms with Gasteiger partial charge in [-0.25, -0.2) is 0 Å². The molecule has 0 unspecified atom stereocenters. The van der Waals surface area contributed by atoms with Crippen molar-refractivity contribution >= 4 is 5.91 Å². The van der Waals surface area contributed by atoms with Crippen molar-refractivity contribution in [3.8, 4) is 0 Å². The van der Waals surface area contributed by atoms with E-state index in [1.54, 1.807) is 4.68 Å². The fourth-order valence-electron chi connectivity index (χ4n) is 2.71. The number of amides is 1. The zero-order valence-corrected chi connectivity index (χ0v) is 14.8. The Hall–Kier alpha value is -1.40. The SMILES string of the molecule is Cn1cc(CCC(=O)N2CCN(C[C@H](O)C(C)(C)C)CC2)cn1. The van der Waals surface area contributed by atoms with Gasteiger partial charge in [0.25, 0.3) is 0 Å². The lowest BCUT2D eigenvalue weighted by atomic mass is 9.89. The minimum atomic E-state index is -0.338. The number of aryl methyl sites for hydroxylation is 2. The lowest BCUT2D eigenvalue weighted by Gasteiger charge is -2.38. The van der Waals surface area contributed by atoms with Crippen molar-refractivity contribution in [2.45, 2.75) is 39.7 Å². The van der Waals surface area contributed by atoms with E-state index in [0.717, 1.165) is 38.2 Å². The number of hydrogen-bond acceptors (Lipinski definition) is 4. The molecule has 6 nitrogen and oxygen atoms in total. The standard InChI is InChI=1S/C17H30N4O2/c1-17(2,3)15(22)13-20-7-9-21(10-8-20)16(23)6-5-14-11-18-19(4)12-14/h11-12,15,22H,5-10,13H2,1-4H3/t15-/m0/s1. The van der Waals surface area contributed by atoms with Crippen LogP contribution in [0.25, 0.3) is 0 Å². The molecule has 23 heavy (non-hydrogen) atoms. The average molecular weight is 322 g/mol. The molecule has 1 aliphatic rings. The number of hydrogen-bond donors (Lipinski definition) is 1. The van der Waals surface area contributed by atoms with Gasteiger partial charge >= 0.3 is 0 Å². The molecule has 0 aliphatic carbocycles. The van der Waals surface area contributed by atoms with Gasteiger partial charge in [0.15, 0.2) is 0 Å². The Morgan fingerprint density at radius 1 is 1.30 bits per heavy atom. The molecule has 1 aromatic heterocycles. The first-order valence-electron chi connectivity index (χ1n) is 8.41. The van der Waals surface area contributed by atoms with Crippen molar-refractivity contribution in [2.75, 3.05) is 32.7 Å². The van der Waals surface area contributed by atoms with Gasteiger partial charge in [0.2, 0.25) is 5.91 Å². The number of aromatic nitrogens is 2. The molecule has 2 heterocycles. The van der Waals surface area contributed by atoms with E-state index in [0.29, 0.717) is 13.0 Å². The maximum atomic E-state index is 12.3. The third-order valence-corrected chi connectivity index (χ3v) is 4.54. The number of β-amino-alcohol motifs (C(OH)–C–C–N with tert-alkyl or cyclic N) is 1. The monoisotopic (exact) mass is 322 g/mol. The summed E-state index contributed by atoms with van der Waals surface area (Å²) in [6, 6.07) is 0. The summed E-state index contributed by atoms with van der Waals surface area (Å²) in [4.78, 5) is 16.5. The molecular formula is C17H30N4O2. The largest absolute Gasteiger partial charge is 0.391 e. The predicted molar refractivity (Wildman–Crippen MR) is 90.0 cm³/mol. The van der Waals surface area contributed by atoms with Gasteiger partial charge in [-0.1, -0.05) is 20.8 Å². The van der Waals surface area contributed by atoms with Gasteiger partial charge in [0, 0.05) is 52.4 Å². The fraction of sp³-hybridized carbons (Fsp3) is 0.765. The Bertz CT molecular complexity index is 513. The molecule has 1 atom stereocenters. The van der Waals surface area contributed by atoms with Crippen molar-refractivity contribution in [2.24, 2.45) is 12.5 Å². The van der Waals surface area contributed by atoms with Crippen LogP contribution in [0.1, 0.15) is 32.8 Å². The summed E-state index contributed by atoms with van der Waals surface area (Å²) in [7, 11) is 1.89. The second kappa shape index (κ2) is 7.45. The normalized spacial score (nSPS) is 18.2. The van der Waals surface area contributed by atoms with E-state index in [-0.39, 0.29) is 17.4 Å². The molecule has 1 aliphatic heterocycles. The van der Waals surface area contributed by atoms with Crippen molar-refractivity contribution < 1.29 is 9.90 Å². The van der Waals surface area contributed by atoms with Crippen LogP contribution in [-0.2, 0) is 18.3 Å². The van der Waals surface area contributed by atoms with Gasteiger partial charge in [0.05, 0.1) is 12.3 Å². The summed E-state index contributed by atoms with van der Waals surface area (Å²) in [5.41, 5.74) is 1.00. The number of carbonyl (C=O) groups excluding carboxylic acids is 1. The molecule has 6 heteroatoms. The van der Waals surface area contributed by atoms with Crippen LogP contribution in [0.15, 0.2) is 12.4 Å². The van der Waals surface area contributed by atoms with Crippen LogP contribution in [-0.4, -0.2) is 69.4 Å². The highest BCUT2D eigenvalue weighted by atomic mass is 16.3.